The van der Waals surface area contributed by atoms with Gasteiger partial charge in [0.25, 0.3) is 0 Å². The van der Waals surface area contributed by atoms with Gasteiger partial charge in [-0.1, -0.05) is 105 Å². The summed E-state index contributed by atoms with van der Waals surface area (Å²) in [7, 11) is -17.1. The molecule has 4 aromatic rings. The molecule has 5 rings (SSSR count). The number of imidazole rings is 1. The minimum atomic E-state index is -5.84. The van der Waals surface area contributed by atoms with Crippen molar-refractivity contribution >= 4 is 52.2 Å². The predicted molar refractivity (Wildman–Crippen MR) is 255 cm³/mol. The van der Waals surface area contributed by atoms with Crippen LogP contribution in [-0.2, 0) is 36.3 Å². The fourth-order valence-electron chi connectivity index (χ4n) is 6.47. The molecular weight excluding hydrogens is 949 g/mol. The van der Waals surface area contributed by atoms with Crippen molar-refractivity contribution in [1.29, 1.82) is 0 Å². The van der Waals surface area contributed by atoms with Gasteiger partial charge in [-0.05, 0) is 71.0 Å². The van der Waals surface area contributed by atoms with Crippen LogP contribution in [0.2, 0.25) is 0 Å². The van der Waals surface area contributed by atoms with Gasteiger partial charge in [0.1, 0.15) is 24.1 Å². The van der Waals surface area contributed by atoms with Crippen LogP contribution in [-0.4, -0.2) is 154 Å². The molecule has 2 aromatic heterocycles. The smallest absolute Gasteiger partial charge is 0.453 e. The van der Waals surface area contributed by atoms with Gasteiger partial charge < -0.3 is 54.6 Å². The summed E-state index contributed by atoms with van der Waals surface area (Å²) in [5, 5.41) is 11.2. The molecule has 2 aromatic carbocycles. The normalized spacial score (nSPS) is 18.7. The van der Waals surface area contributed by atoms with Gasteiger partial charge in [0.05, 0.1) is 18.5 Å². The summed E-state index contributed by atoms with van der Waals surface area (Å²) in [5.74, 6) is -1.35. The standard InChI is InChI=1S/C24H24N5O15P3.3C6H15N/c25-21-17-22(27-11-26-21)29(12-28-17)23-19(31)20(16(41-23)10-40-46(36,37)44-47(38,39)43-45(33,34)35)42-24(32)15-8-6-14(7-9-15)18(30)13-4-2-1-3-5-13;3*1-4-7(5-2)6-3/h1-9,11-12,16,19-20,23,31H,10H2,(H,36,37)(H,38,39)(H2,25,26,27)(H2,33,34,35);3*4-6H2,1-3H3/t16-,19-,20-,23-;;;/m1.../s1. The second-order valence-corrected chi connectivity index (χ2v) is 18.9. The third kappa shape index (κ3) is 19.5. The van der Waals surface area contributed by atoms with Crippen LogP contribution in [0.5, 0.6) is 0 Å². The maximum Gasteiger partial charge on any atom is 0.490 e. The monoisotopic (exact) mass is 1020 g/mol. The molecule has 7 N–H and O–H groups in total. The van der Waals surface area contributed by atoms with E-state index in [0.717, 1.165) is 6.33 Å². The minimum Gasteiger partial charge on any atom is -0.453 e. The molecule has 1 aliphatic rings. The molecule has 1 aliphatic heterocycles. The second kappa shape index (κ2) is 29.4. The van der Waals surface area contributed by atoms with Gasteiger partial charge in [-0.3, -0.25) is 13.9 Å². The third-order valence-electron chi connectivity index (χ3n) is 10.5. The number of hydrogen-bond donors (Lipinski definition) is 6. The number of rotatable bonds is 21. The number of nitrogens with two attached hydrogens (primary N) is 1. The number of fused-ring (bicyclic) bond motifs is 1. The van der Waals surface area contributed by atoms with E-state index in [0.29, 0.717) is 5.56 Å². The summed E-state index contributed by atoms with van der Waals surface area (Å²) in [6.45, 7) is 29.3. The zero-order valence-electron chi connectivity index (χ0n) is 40.1. The molecule has 1 saturated heterocycles. The summed E-state index contributed by atoms with van der Waals surface area (Å²) >= 11 is 0. The largest absolute Gasteiger partial charge is 0.490 e. The van der Waals surface area contributed by atoms with E-state index < -0.39 is 60.6 Å². The van der Waals surface area contributed by atoms with E-state index >= 15 is 0 Å². The number of hydrogen-bond acceptors (Lipinski definition) is 18. The molecule has 0 aliphatic carbocycles. The lowest BCUT2D eigenvalue weighted by atomic mass is 10.0. The molecule has 0 amide bonds. The van der Waals surface area contributed by atoms with Crippen molar-refractivity contribution < 1.29 is 70.6 Å². The van der Waals surface area contributed by atoms with E-state index in [4.69, 9.17) is 25.0 Å². The van der Waals surface area contributed by atoms with E-state index in [-0.39, 0.29) is 33.9 Å². The molecule has 0 radical (unpaired) electrons. The maximum atomic E-state index is 13.2. The van der Waals surface area contributed by atoms with Crippen molar-refractivity contribution in [2.75, 3.05) is 71.2 Å². The van der Waals surface area contributed by atoms with Crippen LogP contribution in [0, 0.1) is 0 Å². The number of ketones is 1. The molecule has 0 bridgehead atoms. The first-order valence-electron chi connectivity index (χ1n) is 22.2. The Bertz CT molecular complexity index is 2220. The van der Waals surface area contributed by atoms with Gasteiger partial charge in [0.15, 0.2) is 29.6 Å². The summed E-state index contributed by atoms with van der Waals surface area (Å²) in [5.41, 5.74) is 6.64. The summed E-state index contributed by atoms with van der Waals surface area (Å²) in [6, 6.07) is 13.7. The van der Waals surface area contributed by atoms with Crippen molar-refractivity contribution in [2.45, 2.75) is 86.9 Å². The van der Waals surface area contributed by atoms with E-state index in [9.17, 15) is 38.2 Å². The summed E-state index contributed by atoms with van der Waals surface area (Å²) in [6.07, 6.45) is -4.15. The van der Waals surface area contributed by atoms with Crippen LogP contribution in [0.1, 0.15) is 94.8 Å². The number of nitrogen functional groups attached to an aromatic ring is 1. The molecule has 6 atom stereocenters. The fourth-order valence-corrected chi connectivity index (χ4v) is 9.50. The molecule has 382 valence electrons. The first-order chi connectivity index (χ1) is 32.1. The number of carbonyl (C=O) groups excluding carboxylic acids is 2. The number of aromatic nitrogens is 4. The number of phosphoric ester groups is 1. The number of phosphoric acid groups is 3. The molecule has 0 saturated carbocycles. The van der Waals surface area contributed by atoms with Crippen LogP contribution in [0.25, 0.3) is 11.2 Å². The number of anilines is 1. The van der Waals surface area contributed by atoms with Gasteiger partial charge in [-0.15, -0.1) is 0 Å². The van der Waals surface area contributed by atoms with Crippen molar-refractivity contribution in [3.63, 3.8) is 0 Å². The van der Waals surface area contributed by atoms with Crippen molar-refractivity contribution in [1.82, 2.24) is 34.2 Å². The highest BCUT2D eigenvalue weighted by Crippen LogP contribution is 2.66. The van der Waals surface area contributed by atoms with Gasteiger partial charge in [-0.25, -0.2) is 33.4 Å². The minimum absolute atomic E-state index is 0.0115. The van der Waals surface area contributed by atoms with E-state index in [1.54, 1.807) is 30.3 Å². The Hall–Kier alpha value is -3.86. The topological polar surface area (TPSA) is 312 Å². The number of aliphatic hydroxyl groups excluding tert-OH is 1. The van der Waals surface area contributed by atoms with E-state index in [1.165, 1.54) is 94.1 Å². The molecule has 2 unspecified atom stereocenters. The van der Waals surface area contributed by atoms with Crippen molar-refractivity contribution in [3.8, 4) is 0 Å². The van der Waals surface area contributed by atoms with Crippen molar-refractivity contribution in [2.24, 2.45) is 0 Å². The average Bonchev–Trinajstić information content (AvgIpc) is 3.87. The van der Waals surface area contributed by atoms with Crippen LogP contribution in [0.3, 0.4) is 0 Å². The first-order valence-corrected chi connectivity index (χ1v) is 26.7. The lowest BCUT2D eigenvalue weighted by Crippen LogP contribution is -2.38. The zero-order valence-corrected chi connectivity index (χ0v) is 42.8. The van der Waals surface area contributed by atoms with Crippen LogP contribution < -0.4 is 5.73 Å². The summed E-state index contributed by atoms with van der Waals surface area (Å²) in [4.78, 5) is 81.8. The Morgan fingerprint density at radius 3 is 1.60 bits per heavy atom. The Balaban J connectivity index is 0.000000626. The average molecular weight is 1020 g/mol. The van der Waals surface area contributed by atoms with E-state index in [2.05, 4.69) is 105 Å². The van der Waals surface area contributed by atoms with Gasteiger partial charge >= 0.3 is 29.4 Å². The van der Waals surface area contributed by atoms with E-state index in [1.807, 2.05) is 0 Å². The quantitative estimate of drug-likeness (QED) is 0.0340. The number of carbonyl (C=O) groups is 2. The Labute approximate surface area is 398 Å². The van der Waals surface area contributed by atoms with Crippen LogP contribution in [0.15, 0.2) is 67.3 Å². The third-order valence-corrected chi connectivity index (χ3v) is 14.3. The lowest BCUT2D eigenvalue weighted by Gasteiger charge is -2.22. The SMILES string of the molecule is CCN(CC)CC.CCN(CC)CC.CCN(CC)CC.Nc1ncnc2c1ncn2[C@@H]1O[C@H](COP(=O)(O)OP(=O)(O)OP(=O)(O)O)[C@@H](OC(=O)c2ccc(C(=O)c3ccccc3)cc2)[C@H]1O. The molecule has 26 heteroatoms. The molecule has 68 heavy (non-hydrogen) atoms. The number of esters is 1. The van der Waals surface area contributed by atoms with Gasteiger partial charge in [0, 0.05) is 11.1 Å². The number of aliphatic hydroxyl groups is 1. The first kappa shape index (κ1) is 60.3. The highest BCUT2D eigenvalue weighted by molar-refractivity contribution is 7.66. The fraction of sp³-hybridized carbons (Fsp3) is 0.548. The number of nitrogens with zero attached hydrogens (tertiary/aromatic N) is 7. The highest BCUT2D eigenvalue weighted by Gasteiger charge is 2.50. The van der Waals surface area contributed by atoms with Crippen LogP contribution in [0.4, 0.5) is 5.82 Å². The number of ether oxygens (including phenoxy) is 2. The number of benzene rings is 2. The van der Waals surface area contributed by atoms with Gasteiger partial charge in [0.2, 0.25) is 0 Å². The molecule has 0 spiro atoms. The highest BCUT2D eigenvalue weighted by atomic mass is 31.3. The Morgan fingerprint density at radius 2 is 1.15 bits per heavy atom. The molecule has 23 nitrogen and oxygen atoms in total. The Morgan fingerprint density at radius 1 is 0.676 bits per heavy atom. The maximum absolute atomic E-state index is 13.2. The van der Waals surface area contributed by atoms with Crippen LogP contribution >= 0.6 is 23.5 Å². The van der Waals surface area contributed by atoms with Crippen molar-refractivity contribution in [3.05, 3.63) is 83.9 Å². The lowest BCUT2D eigenvalue weighted by molar-refractivity contribution is -0.0520. The zero-order chi connectivity index (χ0) is 51.2. The summed E-state index contributed by atoms with van der Waals surface area (Å²) < 4.78 is 59.5. The molecular formula is C42H69N8O15P3. The molecule has 3 heterocycles. The predicted octanol–water partition coefficient (Wildman–Crippen LogP) is 5.51. The Kier molecular flexibility index (Phi) is 26.0. The van der Waals surface area contributed by atoms with Gasteiger partial charge in [-0.2, -0.15) is 8.62 Å². The second-order valence-electron chi connectivity index (χ2n) is 14.5. The molecule has 1 fully saturated rings.